The van der Waals surface area contributed by atoms with Crippen LogP contribution in [0.5, 0.6) is 0 Å². The predicted octanol–water partition coefficient (Wildman–Crippen LogP) is 1.13. The molecule has 0 saturated heterocycles. The molecule has 0 aliphatic carbocycles. The van der Waals surface area contributed by atoms with Crippen LogP contribution in [0.15, 0.2) is 0 Å². The molecule has 8 heavy (non-hydrogen) atoms. The van der Waals surface area contributed by atoms with Crippen molar-refractivity contribution < 1.29 is 4.65 Å². The molecule has 0 aliphatic heterocycles. The van der Waals surface area contributed by atoms with Gasteiger partial charge in [0.2, 0.25) is 0 Å². The maximum Gasteiger partial charge on any atom is 0.258 e. The predicted molar refractivity (Wildman–Crippen MR) is 38.6 cm³/mol. The van der Waals surface area contributed by atoms with Gasteiger partial charge in [-0.3, -0.25) is 0 Å². The molecule has 0 N–H and O–H groups in total. The molecule has 0 radical (unpaired) electrons. The van der Waals surface area contributed by atoms with E-state index < -0.39 is 0 Å². The Balaban J connectivity index is 3.37. The second-order valence-electron chi connectivity index (χ2n) is 2.71. The van der Waals surface area contributed by atoms with Gasteiger partial charge in [-0.05, 0) is 20.3 Å². The molecular formula is C6H15BO. The van der Waals surface area contributed by atoms with Crippen molar-refractivity contribution in [3.05, 3.63) is 0 Å². The highest BCUT2D eigenvalue weighted by Gasteiger charge is 2.12. The van der Waals surface area contributed by atoms with Crippen LogP contribution in [0.2, 0.25) is 0 Å². The van der Waals surface area contributed by atoms with E-state index >= 15 is 0 Å². The summed E-state index contributed by atoms with van der Waals surface area (Å²) in [7, 11) is 1.76. The van der Waals surface area contributed by atoms with E-state index in [1.165, 1.54) is 6.42 Å². The summed E-state index contributed by atoms with van der Waals surface area (Å²) in [6, 6.07) is 0. The highest BCUT2D eigenvalue weighted by atomic mass is 16.4. The molecule has 2 heteroatoms. The van der Waals surface area contributed by atoms with Gasteiger partial charge in [0, 0.05) is 5.60 Å². The van der Waals surface area contributed by atoms with Crippen LogP contribution in [0.25, 0.3) is 0 Å². The topological polar surface area (TPSA) is 9.23 Å². The minimum atomic E-state index is 0.0920. The monoisotopic (exact) mass is 114 g/mol. The Hall–Kier alpha value is 0.0249. The van der Waals surface area contributed by atoms with Crippen LogP contribution in [-0.2, 0) is 4.65 Å². The Kier molecular flexibility index (Phi) is 3.14. The van der Waals surface area contributed by atoms with E-state index in [0.717, 1.165) is 6.42 Å². The molecule has 0 aliphatic rings. The fourth-order valence-corrected chi connectivity index (χ4v) is 0.704. The largest absolute Gasteiger partial charge is 0.439 e. The molecule has 0 heterocycles. The summed E-state index contributed by atoms with van der Waals surface area (Å²) in [5, 5.41) is 0. The Morgan fingerprint density at radius 1 is 1.50 bits per heavy atom. The van der Waals surface area contributed by atoms with Gasteiger partial charge in [-0.25, -0.2) is 0 Å². The van der Waals surface area contributed by atoms with Crippen molar-refractivity contribution in [2.75, 3.05) is 0 Å². The summed E-state index contributed by atoms with van der Waals surface area (Å²) in [5.41, 5.74) is 0.0920. The Bertz CT molecular complexity index is 61.5. The Morgan fingerprint density at radius 2 is 2.00 bits per heavy atom. The highest BCUT2D eigenvalue weighted by Crippen LogP contribution is 2.13. The van der Waals surface area contributed by atoms with Crippen molar-refractivity contribution in [1.29, 1.82) is 0 Å². The lowest BCUT2D eigenvalue weighted by Gasteiger charge is -2.22. The van der Waals surface area contributed by atoms with Gasteiger partial charge in [0.05, 0.1) is 0 Å². The van der Waals surface area contributed by atoms with Gasteiger partial charge in [-0.15, -0.1) is 0 Å². The molecule has 0 rings (SSSR count). The van der Waals surface area contributed by atoms with Gasteiger partial charge < -0.3 is 4.65 Å². The second kappa shape index (κ2) is 3.13. The van der Waals surface area contributed by atoms with Gasteiger partial charge in [-0.2, -0.15) is 0 Å². The Morgan fingerprint density at radius 3 is 2.12 bits per heavy atom. The second-order valence-corrected chi connectivity index (χ2v) is 2.71. The van der Waals surface area contributed by atoms with Crippen molar-refractivity contribution >= 4 is 8.05 Å². The summed E-state index contributed by atoms with van der Waals surface area (Å²) in [4.78, 5) is 0. The average Bonchev–Trinajstić information content (AvgIpc) is 1.67. The molecule has 0 aromatic carbocycles. The SMILES string of the molecule is BOC(C)(C)CCC. The van der Waals surface area contributed by atoms with Crippen LogP contribution in [0.1, 0.15) is 33.6 Å². The molecule has 0 atom stereocenters. The number of hydrogen-bond donors (Lipinski definition) is 0. The first kappa shape index (κ1) is 8.02. The molecule has 0 unspecified atom stereocenters. The first-order valence-electron chi connectivity index (χ1n) is 3.17. The molecule has 0 aromatic heterocycles. The summed E-state index contributed by atoms with van der Waals surface area (Å²) >= 11 is 0. The minimum Gasteiger partial charge on any atom is -0.439 e. The van der Waals surface area contributed by atoms with Gasteiger partial charge in [0.1, 0.15) is 0 Å². The molecule has 0 spiro atoms. The van der Waals surface area contributed by atoms with Crippen LogP contribution < -0.4 is 0 Å². The summed E-state index contributed by atoms with van der Waals surface area (Å²) < 4.78 is 5.18. The van der Waals surface area contributed by atoms with Crippen LogP contribution >= 0.6 is 0 Å². The van der Waals surface area contributed by atoms with E-state index in [9.17, 15) is 0 Å². The zero-order valence-electron chi connectivity index (χ0n) is 6.32. The minimum absolute atomic E-state index is 0.0920. The Labute approximate surface area is 52.9 Å². The van der Waals surface area contributed by atoms with Gasteiger partial charge in [0.25, 0.3) is 8.05 Å². The van der Waals surface area contributed by atoms with Crippen LogP contribution in [0.4, 0.5) is 0 Å². The summed E-state index contributed by atoms with van der Waals surface area (Å²) in [6.45, 7) is 6.38. The maximum atomic E-state index is 5.18. The molecule has 0 amide bonds. The maximum absolute atomic E-state index is 5.18. The van der Waals surface area contributed by atoms with E-state index in [2.05, 4.69) is 20.8 Å². The smallest absolute Gasteiger partial charge is 0.258 e. The van der Waals surface area contributed by atoms with Gasteiger partial charge in [0.15, 0.2) is 0 Å². The third-order valence-corrected chi connectivity index (χ3v) is 1.40. The van der Waals surface area contributed by atoms with Crippen LogP contribution in [0.3, 0.4) is 0 Å². The highest BCUT2D eigenvalue weighted by molar-refractivity contribution is 5.98. The molecule has 0 bridgehead atoms. The molecule has 0 aromatic rings. The summed E-state index contributed by atoms with van der Waals surface area (Å²) in [5.74, 6) is 0. The average molecular weight is 114 g/mol. The van der Waals surface area contributed by atoms with Crippen molar-refractivity contribution in [2.24, 2.45) is 0 Å². The molecular weight excluding hydrogens is 98.9 g/mol. The molecule has 0 saturated carbocycles. The standard InChI is InChI=1S/C6H15BO/c1-4-5-6(2,3)8-7/h4-5,7H2,1-3H3. The van der Waals surface area contributed by atoms with E-state index in [1.54, 1.807) is 8.05 Å². The molecule has 0 fully saturated rings. The number of rotatable bonds is 3. The first-order valence-corrected chi connectivity index (χ1v) is 3.17. The van der Waals surface area contributed by atoms with Crippen LogP contribution in [-0.4, -0.2) is 13.7 Å². The van der Waals surface area contributed by atoms with E-state index in [-0.39, 0.29) is 5.60 Å². The van der Waals surface area contributed by atoms with Crippen molar-refractivity contribution in [3.8, 4) is 0 Å². The van der Waals surface area contributed by atoms with Crippen molar-refractivity contribution in [1.82, 2.24) is 0 Å². The van der Waals surface area contributed by atoms with E-state index in [1.807, 2.05) is 0 Å². The third kappa shape index (κ3) is 3.08. The summed E-state index contributed by atoms with van der Waals surface area (Å²) in [6.07, 6.45) is 2.34. The van der Waals surface area contributed by atoms with Gasteiger partial charge in [-0.1, -0.05) is 13.3 Å². The third-order valence-electron chi connectivity index (χ3n) is 1.40. The zero-order valence-corrected chi connectivity index (χ0v) is 6.32. The lowest BCUT2D eigenvalue weighted by atomic mass is 10.0. The first-order chi connectivity index (χ1) is 3.62. The fraction of sp³-hybridized carbons (Fsp3) is 1.00. The number of hydrogen-bond acceptors (Lipinski definition) is 1. The van der Waals surface area contributed by atoms with E-state index in [4.69, 9.17) is 4.65 Å². The van der Waals surface area contributed by atoms with Crippen molar-refractivity contribution in [3.63, 3.8) is 0 Å². The van der Waals surface area contributed by atoms with Gasteiger partial charge >= 0.3 is 0 Å². The lowest BCUT2D eigenvalue weighted by Crippen LogP contribution is -2.22. The van der Waals surface area contributed by atoms with Crippen LogP contribution in [0, 0.1) is 0 Å². The quantitative estimate of drug-likeness (QED) is 0.499. The zero-order chi connectivity index (χ0) is 6.62. The molecule has 1 nitrogen and oxygen atoms in total. The normalized spacial score (nSPS) is 11.9. The lowest BCUT2D eigenvalue weighted by molar-refractivity contribution is 0.112. The fourth-order valence-electron chi connectivity index (χ4n) is 0.704. The molecule has 48 valence electrons. The van der Waals surface area contributed by atoms with Crippen molar-refractivity contribution in [2.45, 2.75) is 39.2 Å². The van der Waals surface area contributed by atoms with E-state index in [0.29, 0.717) is 0 Å².